The highest BCUT2D eigenvalue weighted by Crippen LogP contribution is 2.34. The van der Waals surface area contributed by atoms with Crippen LogP contribution in [0.5, 0.6) is 0 Å². The van der Waals surface area contributed by atoms with Crippen molar-refractivity contribution in [3.05, 3.63) is 33.2 Å². The largest absolute Gasteiger partial charge is 0.465 e. The van der Waals surface area contributed by atoms with Crippen LogP contribution in [0.3, 0.4) is 0 Å². The average Bonchev–Trinajstić information content (AvgIpc) is 3.52. The Hall–Kier alpha value is -3.43. The van der Waals surface area contributed by atoms with E-state index >= 15 is 0 Å². The Bertz CT molecular complexity index is 1290. The molecule has 0 bridgehead atoms. The molecule has 34 heavy (non-hydrogen) atoms. The molecule has 11 nitrogen and oxygen atoms in total. The molecule has 0 aromatic carbocycles. The van der Waals surface area contributed by atoms with E-state index in [2.05, 4.69) is 30.3 Å². The van der Waals surface area contributed by atoms with E-state index in [4.69, 9.17) is 16.3 Å². The summed E-state index contributed by atoms with van der Waals surface area (Å²) < 4.78 is 6.50. The van der Waals surface area contributed by atoms with Crippen LogP contribution in [0.25, 0.3) is 11.5 Å². The molecule has 1 fully saturated rings. The summed E-state index contributed by atoms with van der Waals surface area (Å²) in [7, 11) is 3.06. The number of nitriles is 1. The number of H-pyrrole nitrogens is 1. The second-order valence-electron chi connectivity index (χ2n) is 8.09. The van der Waals surface area contributed by atoms with Gasteiger partial charge >= 0.3 is 5.97 Å². The molecule has 4 rings (SSSR count). The Morgan fingerprint density at radius 1 is 1.44 bits per heavy atom. The number of ether oxygens (including phenoxy) is 1. The first kappa shape index (κ1) is 23.7. The summed E-state index contributed by atoms with van der Waals surface area (Å²) in [5.41, 5.74) is 1.33. The molecule has 2 N–H and O–H groups in total. The SMILES string of the molecule is COC(=O)c1sc(N2CC[C@@H](NC(=O)c3[nH]c(C)c(Cl)c3C#N)[C@@H](C)C2)nc1-c1ncnn1C. The monoisotopic (exact) mass is 502 g/mol. The summed E-state index contributed by atoms with van der Waals surface area (Å²) in [4.78, 5) is 39.5. The van der Waals surface area contributed by atoms with E-state index in [1.165, 1.54) is 24.8 Å². The number of aryl methyl sites for hydroxylation is 2. The molecule has 1 saturated heterocycles. The van der Waals surface area contributed by atoms with E-state index in [0.29, 0.717) is 46.7 Å². The predicted octanol–water partition coefficient (Wildman–Crippen LogP) is 2.53. The molecule has 0 saturated carbocycles. The summed E-state index contributed by atoms with van der Waals surface area (Å²) in [5, 5.41) is 17.4. The summed E-state index contributed by atoms with van der Waals surface area (Å²) in [6, 6.07) is 1.89. The van der Waals surface area contributed by atoms with E-state index in [1.807, 2.05) is 13.0 Å². The van der Waals surface area contributed by atoms with Gasteiger partial charge in [0.25, 0.3) is 5.91 Å². The fourth-order valence-electron chi connectivity index (χ4n) is 3.99. The zero-order valence-electron chi connectivity index (χ0n) is 19.0. The first-order valence-corrected chi connectivity index (χ1v) is 11.7. The van der Waals surface area contributed by atoms with Crippen molar-refractivity contribution in [1.29, 1.82) is 5.26 Å². The van der Waals surface area contributed by atoms with Crippen molar-refractivity contribution in [3.63, 3.8) is 0 Å². The minimum atomic E-state index is -0.481. The molecule has 13 heteroatoms. The number of carbonyl (C=O) groups is 2. The number of thiazole rings is 1. The molecule has 0 radical (unpaired) electrons. The van der Waals surface area contributed by atoms with Gasteiger partial charge in [0.1, 0.15) is 34.2 Å². The number of nitrogens with one attached hydrogen (secondary N) is 2. The number of carbonyl (C=O) groups excluding carboxylic acids is 2. The van der Waals surface area contributed by atoms with Crippen LogP contribution in [-0.2, 0) is 11.8 Å². The smallest absolute Gasteiger partial charge is 0.350 e. The van der Waals surface area contributed by atoms with Crippen molar-refractivity contribution in [2.45, 2.75) is 26.3 Å². The van der Waals surface area contributed by atoms with Crippen molar-refractivity contribution in [2.24, 2.45) is 13.0 Å². The first-order valence-electron chi connectivity index (χ1n) is 10.5. The zero-order chi connectivity index (χ0) is 24.6. The van der Waals surface area contributed by atoms with Gasteiger partial charge < -0.3 is 19.9 Å². The normalized spacial score (nSPS) is 17.9. The Morgan fingerprint density at radius 2 is 2.21 bits per heavy atom. The lowest BCUT2D eigenvalue weighted by molar-refractivity contribution is 0.0606. The van der Waals surface area contributed by atoms with Crippen LogP contribution < -0.4 is 10.2 Å². The van der Waals surface area contributed by atoms with Gasteiger partial charge in [-0.25, -0.2) is 19.4 Å². The van der Waals surface area contributed by atoms with Crippen LogP contribution in [0.15, 0.2) is 6.33 Å². The summed E-state index contributed by atoms with van der Waals surface area (Å²) in [6.07, 6.45) is 2.07. The van der Waals surface area contributed by atoms with Crippen molar-refractivity contribution in [2.75, 3.05) is 25.1 Å². The third-order valence-corrected chi connectivity index (χ3v) is 7.42. The Labute approximate surface area is 204 Å². The number of piperidine rings is 1. The van der Waals surface area contributed by atoms with E-state index in [-0.39, 0.29) is 34.1 Å². The number of hydrogen-bond acceptors (Lipinski definition) is 9. The highest BCUT2D eigenvalue weighted by molar-refractivity contribution is 7.17. The number of amides is 1. The highest BCUT2D eigenvalue weighted by atomic mass is 35.5. The van der Waals surface area contributed by atoms with E-state index < -0.39 is 5.97 Å². The van der Waals surface area contributed by atoms with E-state index in [1.54, 1.807) is 18.7 Å². The molecular weight excluding hydrogens is 480 g/mol. The van der Waals surface area contributed by atoms with Gasteiger partial charge in [0.15, 0.2) is 11.0 Å². The molecule has 0 spiro atoms. The van der Waals surface area contributed by atoms with E-state index in [0.717, 1.165) is 0 Å². The number of aromatic nitrogens is 5. The highest BCUT2D eigenvalue weighted by Gasteiger charge is 2.32. The van der Waals surface area contributed by atoms with Gasteiger partial charge in [-0.2, -0.15) is 10.4 Å². The molecule has 0 unspecified atom stereocenters. The van der Waals surface area contributed by atoms with Crippen molar-refractivity contribution >= 4 is 39.9 Å². The number of esters is 1. The molecule has 1 aliphatic rings. The first-order chi connectivity index (χ1) is 16.2. The van der Waals surface area contributed by atoms with Gasteiger partial charge in [-0.15, -0.1) is 0 Å². The van der Waals surface area contributed by atoms with Crippen LogP contribution in [-0.4, -0.2) is 62.9 Å². The molecule has 1 aliphatic heterocycles. The fourth-order valence-corrected chi connectivity index (χ4v) is 5.19. The third kappa shape index (κ3) is 4.24. The van der Waals surface area contributed by atoms with Crippen LogP contribution in [0, 0.1) is 24.2 Å². The minimum absolute atomic E-state index is 0.0820. The molecule has 178 valence electrons. The van der Waals surface area contributed by atoms with E-state index in [9.17, 15) is 14.9 Å². The zero-order valence-corrected chi connectivity index (χ0v) is 20.6. The van der Waals surface area contributed by atoms with Crippen molar-refractivity contribution in [1.82, 2.24) is 30.0 Å². The molecule has 0 aliphatic carbocycles. The number of methoxy groups -OCH3 is 1. The molecule has 4 heterocycles. The number of nitrogens with zero attached hydrogens (tertiary/aromatic N) is 6. The van der Waals surface area contributed by atoms with Crippen LogP contribution in [0.1, 0.15) is 44.8 Å². The van der Waals surface area contributed by atoms with Gasteiger partial charge in [0.2, 0.25) is 0 Å². The molecule has 2 atom stereocenters. The van der Waals surface area contributed by atoms with Gasteiger partial charge in [-0.05, 0) is 19.3 Å². The predicted molar refractivity (Wildman–Crippen MR) is 126 cm³/mol. The second-order valence-corrected chi connectivity index (χ2v) is 9.45. The number of halogens is 1. The standard InChI is InChI=1S/C21H23ClN8O3S/c1-10-8-30(6-5-13(10)27-19(31)15-12(7-23)14(22)11(2)26-15)21-28-16(17(34-21)20(32)33-4)18-24-9-25-29(18)3/h9-10,13,26H,5-6,8H2,1-4H3,(H,27,31)/t10-,13+/m0/s1. The molecule has 1 amide bonds. The summed E-state index contributed by atoms with van der Waals surface area (Å²) in [6.45, 7) is 4.99. The number of anilines is 1. The van der Waals surface area contributed by atoms with Crippen LogP contribution in [0.4, 0.5) is 5.13 Å². The van der Waals surface area contributed by atoms with Crippen LogP contribution in [0.2, 0.25) is 5.02 Å². The second kappa shape index (κ2) is 9.44. The number of hydrogen-bond donors (Lipinski definition) is 2. The van der Waals surface area contributed by atoms with Gasteiger partial charge in [0.05, 0.1) is 12.1 Å². The van der Waals surface area contributed by atoms with Crippen molar-refractivity contribution < 1.29 is 14.3 Å². The maximum atomic E-state index is 12.8. The van der Waals surface area contributed by atoms with Gasteiger partial charge in [-0.1, -0.05) is 29.9 Å². The van der Waals surface area contributed by atoms with Gasteiger partial charge in [-0.3, -0.25) is 4.79 Å². The summed E-state index contributed by atoms with van der Waals surface area (Å²) >= 11 is 7.37. The van der Waals surface area contributed by atoms with Crippen molar-refractivity contribution in [3.8, 4) is 17.6 Å². The fraction of sp³-hybridized carbons (Fsp3) is 0.429. The molecule has 3 aromatic rings. The lowest BCUT2D eigenvalue weighted by atomic mass is 9.94. The Kier molecular flexibility index (Phi) is 6.58. The number of aromatic amines is 1. The lowest BCUT2D eigenvalue weighted by Gasteiger charge is -2.37. The Morgan fingerprint density at radius 3 is 2.82 bits per heavy atom. The minimum Gasteiger partial charge on any atom is -0.465 e. The maximum absolute atomic E-state index is 12.8. The topological polar surface area (TPSA) is 142 Å². The molecular formula is C21H23ClN8O3S. The van der Waals surface area contributed by atoms with Gasteiger partial charge in [0, 0.05) is 31.9 Å². The van der Waals surface area contributed by atoms with Crippen LogP contribution >= 0.6 is 22.9 Å². The lowest BCUT2D eigenvalue weighted by Crippen LogP contribution is -2.50. The summed E-state index contributed by atoms with van der Waals surface area (Å²) in [5.74, 6) is -0.279. The Balaban J connectivity index is 1.51. The molecule has 3 aromatic heterocycles. The maximum Gasteiger partial charge on any atom is 0.350 e. The average molecular weight is 503 g/mol. The number of rotatable bonds is 5. The quantitative estimate of drug-likeness (QED) is 0.507. The third-order valence-electron chi connectivity index (χ3n) is 5.85.